The van der Waals surface area contributed by atoms with Gasteiger partial charge in [0, 0.05) is 53.9 Å². The van der Waals surface area contributed by atoms with Gasteiger partial charge in [0.15, 0.2) is 5.82 Å². The van der Waals surface area contributed by atoms with Crippen LogP contribution in [0, 0.1) is 11.7 Å². The zero-order chi connectivity index (χ0) is 30.2. The summed E-state index contributed by atoms with van der Waals surface area (Å²) >= 11 is 6.57. The minimum Gasteiger partial charge on any atom is -0.461 e. The fraction of sp³-hybridized carbons (Fsp3) is 0.469. The molecule has 6 heterocycles. The Morgan fingerprint density at radius 1 is 1.05 bits per heavy atom. The molecule has 2 aromatic heterocycles. The van der Waals surface area contributed by atoms with Crippen molar-refractivity contribution in [2.75, 3.05) is 37.7 Å². The van der Waals surface area contributed by atoms with Gasteiger partial charge in [0.05, 0.1) is 16.8 Å². The largest absolute Gasteiger partial charge is 0.461 e. The second kappa shape index (κ2) is 10.4. The van der Waals surface area contributed by atoms with E-state index in [0.717, 1.165) is 24.6 Å². The summed E-state index contributed by atoms with van der Waals surface area (Å²) in [6.07, 6.45) is 0.819. The van der Waals surface area contributed by atoms with Gasteiger partial charge in [0.25, 0.3) is 0 Å². The van der Waals surface area contributed by atoms with Crippen molar-refractivity contribution in [2.24, 2.45) is 5.92 Å². The first kappa shape index (κ1) is 28.2. The quantitative estimate of drug-likeness (QED) is 0.258. The van der Waals surface area contributed by atoms with Crippen LogP contribution in [-0.4, -0.2) is 76.4 Å². The second-order valence-corrected chi connectivity index (χ2v) is 13.1. The van der Waals surface area contributed by atoms with Crippen molar-refractivity contribution in [3.63, 3.8) is 0 Å². The van der Waals surface area contributed by atoms with E-state index in [4.69, 9.17) is 21.3 Å². The molecule has 4 atom stereocenters. The molecule has 4 aromatic rings. The van der Waals surface area contributed by atoms with Gasteiger partial charge in [-0.2, -0.15) is 23.1 Å². The Labute approximate surface area is 256 Å². The second-order valence-electron chi connectivity index (χ2n) is 12.7. The molecule has 4 fully saturated rings. The number of nitrogens with zero attached hydrogens (tertiary/aromatic N) is 5. The molecule has 2 aromatic carbocycles. The molecule has 8 rings (SSSR count). The summed E-state index contributed by atoms with van der Waals surface area (Å²) in [6.45, 7) is 1.96. The molecule has 4 aliphatic heterocycles. The van der Waals surface area contributed by atoms with Gasteiger partial charge in [0.2, 0.25) is 0 Å². The van der Waals surface area contributed by atoms with Gasteiger partial charge < -0.3 is 15.0 Å². The molecule has 2 bridgehead atoms. The number of rotatable bonds is 5. The summed E-state index contributed by atoms with van der Waals surface area (Å²) in [7, 11) is 0. The van der Waals surface area contributed by atoms with Gasteiger partial charge in [0.1, 0.15) is 23.6 Å². The molecule has 1 N–H and O–H groups in total. The molecule has 7 nitrogen and oxygen atoms in total. The van der Waals surface area contributed by atoms with E-state index in [1.165, 1.54) is 0 Å². The lowest BCUT2D eigenvalue weighted by Gasteiger charge is -2.34. The lowest BCUT2D eigenvalue weighted by Crippen LogP contribution is -2.51. The first-order chi connectivity index (χ1) is 21.2. The first-order valence-corrected chi connectivity index (χ1v) is 15.6. The van der Waals surface area contributed by atoms with E-state index in [2.05, 4.69) is 20.2 Å². The Kier molecular flexibility index (Phi) is 6.66. The standard InChI is InChI=1S/C32H31ClF4N6O/c33-24-7-2-5-18-4-1-6-22(25(18)24)27-26(34)28-23(13-38-27)29(42-15-20-8-9-21(16-42)39-20)41-30(40-28)44-17-31-10-3-11-43(31)14-19(12-31)32(35,36)37/h1-2,4-7,13,19-21,39H,3,8-12,14-17H2/t19-,20-,21+,31-/m0/s1. The summed E-state index contributed by atoms with van der Waals surface area (Å²) < 4.78 is 63.9. The molecule has 230 valence electrons. The number of nitrogens with one attached hydrogen (secondary N) is 1. The first-order valence-electron chi connectivity index (χ1n) is 15.2. The van der Waals surface area contributed by atoms with E-state index in [-0.39, 0.29) is 36.8 Å². The molecule has 0 amide bonds. The van der Waals surface area contributed by atoms with E-state index in [1.807, 2.05) is 29.2 Å². The highest BCUT2D eigenvalue weighted by molar-refractivity contribution is 6.36. The summed E-state index contributed by atoms with van der Waals surface area (Å²) in [5, 5.41) is 6.09. The van der Waals surface area contributed by atoms with Crippen molar-refractivity contribution < 1.29 is 22.3 Å². The zero-order valence-electron chi connectivity index (χ0n) is 23.9. The molecule has 0 saturated carbocycles. The van der Waals surface area contributed by atoms with Gasteiger partial charge in [-0.25, -0.2) is 4.39 Å². The van der Waals surface area contributed by atoms with Gasteiger partial charge in [-0.3, -0.25) is 9.88 Å². The number of ether oxygens (including phenoxy) is 1. The highest BCUT2D eigenvalue weighted by atomic mass is 35.5. The SMILES string of the molecule is Fc1c(-c2cccc3cccc(Cl)c23)ncc2c(N3C[C@H]4CC[C@@H](C3)N4)nc(OC[C@@]34CCCN3C[C@@H](C(F)(F)F)C4)nc12. The van der Waals surface area contributed by atoms with E-state index in [0.29, 0.717) is 65.3 Å². The number of hydrogen-bond acceptors (Lipinski definition) is 7. The molecule has 4 aliphatic rings. The Balaban J connectivity index is 1.22. The molecule has 12 heteroatoms. The lowest BCUT2D eigenvalue weighted by molar-refractivity contribution is -0.171. The maximum absolute atomic E-state index is 16.6. The molecule has 0 spiro atoms. The predicted molar refractivity (Wildman–Crippen MR) is 161 cm³/mol. The number of fused-ring (bicyclic) bond motifs is 5. The molecular weight excluding hydrogens is 596 g/mol. The van der Waals surface area contributed by atoms with Crippen LogP contribution >= 0.6 is 11.6 Å². The fourth-order valence-electron chi connectivity index (χ4n) is 7.92. The van der Waals surface area contributed by atoms with Crippen molar-refractivity contribution >= 4 is 39.1 Å². The van der Waals surface area contributed by atoms with Crippen LogP contribution in [0.1, 0.15) is 32.1 Å². The third kappa shape index (κ3) is 4.66. The average Bonchev–Trinajstić information content (AvgIpc) is 3.67. The van der Waals surface area contributed by atoms with Crippen molar-refractivity contribution in [1.82, 2.24) is 25.2 Å². The monoisotopic (exact) mass is 626 g/mol. The van der Waals surface area contributed by atoms with E-state index in [9.17, 15) is 13.2 Å². The number of hydrogen-bond donors (Lipinski definition) is 1. The molecular formula is C32H31ClF4N6O. The van der Waals surface area contributed by atoms with Crippen molar-refractivity contribution in [3.8, 4) is 17.3 Å². The Bertz CT molecular complexity index is 1750. The Morgan fingerprint density at radius 3 is 2.59 bits per heavy atom. The normalized spacial score (nSPS) is 27.0. The number of aromatic nitrogens is 3. The van der Waals surface area contributed by atoms with Gasteiger partial charge >= 0.3 is 12.2 Å². The van der Waals surface area contributed by atoms with E-state index < -0.39 is 23.5 Å². The minimum absolute atomic E-state index is 0.00974. The van der Waals surface area contributed by atoms with Crippen LogP contribution in [0.5, 0.6) is 6.01 Å². The predicted octanol–water partition coefficient (Wildman–Crippen LogP) is 6.37. The zero-order valence-corrected chi connectivity index (χ0v) is 24.6. The summed E-state index contributed by atoms with van der Waals surface area (Å²) in [6, 6.07) is 11.6. The van der Waals surface area contributed by atoms with Crippen molar-refractivity contribution in [3.05, 3.63) is 53.4 Å². The number of alkyl halides is 3. The van der Waals surface area contributed by atoms with Gasteiger partial charge in [-0.15, -0.1) is 0 Å². The fourth-order valence-corrected chi connectivity index (χ4v) is 8.20. The van der Waals surface area contributed by atoms with Crippen molar-refractivity contribution in [1.29, 1.82) is 0 Å². The van der Waals surface area contributed by atoms with Crippen LogP contribution in [0.25, 0.3) is 32.9 Å². The number of benzene rings is 2. The molecule has 0 radical (unpaired) electrons. The highest BCUT2D eigenvalue weighted by Gasteiger charge is 2.56. The highest BCUT2D eigenvalue weighted by Crippen LogP contribution is 2.47. The smallest absolute Gasteiger partial charge is 0.393 e. The van der Waals surface area contributed by atoms with Gasteiger partial charge in [-0.05, 0) is 50.1 Å². The topological polar surface area (TPSA) is 66.4 Å². The maximum atomic E-state index is 16.6. The van der Waals surface area contributed by atoms with Crippen LogP contribution in [0.2, 0.25) is 5.02 Å². The Hall–Kier alpha value is -3.28. The minimum atomic E-state index is -4.26. The number of piperazine rings is 1. The summed E-state index contributed by atoms with van der Waals surface area (Å²) in [5.41, 5.74) is -0.0316. The number of pyridine rings is 1. The third-order valence-corrected chi connectivity index (χ3v) is 10.3. The van der Waals surface area contributed by atoms with E-state index in [1.54, 1.807) is 18.3 Å². The number of anilines is 1. The number of halogens is 5. The average molecular weight is 627 g/mol. The molecule has 0 unspecified atom stereocenters. The summed E-state index contributed by atoms with van der Waals surface area (Å²) in [4.78, 5) is 17.9. The molecule has 4 saturated heterocycles. The van der Waals surface area contributed by atoms with Crippen LogP contribution in [0.3, 0.4) is 0 Å². The van der Waals surface area contributed by atoms with Crippen molar-refractivity contribution in [2.45, 2.75) is 55.9 Å². The van der Waals surface area contributed by atoms with Crippen LogP contribution in [0.15, 0.2) is 42.6 Å². The van der Waals surface area contributed by atoms with Crippen LogP contribution < -0.4 is 15.0 Å². The van der Waals surface area contributed by atoms with Crippen LogP contribution in [-0.2, 0) is 0 Å². The lowest BCUT2D eigenvalue weighted by atomic mass is 9.90. The molecule has 44 heavy (non-hydrogen) atoms. The molecule has 0 aliphatic carbocycles. The third-order valence-electron chi connectivity index (χ3n) is 10.0. The Morgan fingerprint density at radius 2 is 1.82 bits per heavy atom. The summed E-state index contributed by atoms with van der Waals surface area (Å²) in [5.74, 6) is -1.49. The van der Waals surface area contributed by atoms with E-state index >= 15 is 4.39 Å². The maximum Gasteiger partial charge on any atom is 0.393 e. The van der Waals surface area contributed by atoms with Gasteiger partial charge in [-0.1, -0.05) is 41.9 Å². The van der Waals surface area contributed by atoms with Crippen LogP contribution in [0.4, 0.5) is 23.4 Å².